The second-order valence-electron chi connectivity index (χ2n) is 4.00. The number of halogens is 1. The van der Waals surface area contributed by atoms with E-state index in [-0.39, 0.29) is 0 Å². The molecule has 1 fully saturated rings. The van der Waals surface area contributed by atoms with Crippen molar-refractivity contribution in [3.63, 3.8) is 0 Å². The Morgan fingerprint density at radius 1 is 1.36 bits per heavy atom. The maximum absolute atomic E-state index is 3.60. The molecular weight excluding hydrogens is 238 g/mol. The van der Waals surface area contributed by atoms with E-state index in [0.29, 0.717) is 6.04 Å². The summed E-state index contributed by atoms with van der Waals surface area (Å²) in [6.07, 6.45) is 4.03. The molecule has 0 bridgehead atoms. The van der Waals surface area contributed by atoms with Gasteiger partial charge in [0.1, 0.15) is 0 Å². The van der Waals surface area contributed by atoms with Gasteiger partial charge in [-0.1, -0.05) is 22.9 Å². The van der Waals surface area contributed by atoms with Crippen LogP contribution in [0.3, 0.4) is 0 Å². The van der Waals surface area contributed by atoms with Gasteiger partial charge in [0, 0.05) is 16.2 Å². The maximum Gasteiger partial charge on any atom is 0.0343 e. The van der Waals surface area contributed by atoms with Gasteiger partial charge in [0.15, 0.2) is 0 Å². The number of benzene rings is 1. The summed E-state index contributed by atoms with van der Waals surface area (Å²) >= 11 is 3.44. The number of rotatable bonds is 4. The van der Waals surface area contributed by atoms with Crippen molar-refractivity contribution in [1.29, 1.82) is 0 Å². The smallest absolute Gasteiger partial charge is 0.0343 e. The minimum Gasteiger partial charge on any atom is -0.382 e. The van der Waals surface area contributed by atoms with E-state index in [1.54, 1.807) is 0 Å². The Bertz CT molecular complexity index is 290. The third kappa shape index (κ3) is 2.50. The minimum absolute atomic E-state index is 0.677. The van der Waals surface area contributed by atoms with Gasteiger partial charge in [-0.25, -0.2) is 0 Å². The molecule has 14 heavy (non-hydrogen) atoms. The fourth-order valence-corrected chi connectivity index (χ4v) is 2.08. The lowest BCUT2D eigenvalue weighted by molar-refractivity contribution is 0.616. The molecule has 0 heterocycles. The quantitative estimate of drug-likeness (QED) is 0.854. The van der Waals surface area contributed by atoms with Crippen LogP contribution in [0.2, 0.25) is 0 Å². The first kappa shape index (κ1) is 10.0. The molecule has 1 atom stereocenters. The van der Waals surface area contributed by atoms with Crippen LogP contribution < -0.4 is 5.32 Å². The van der Waals surface area contributed by atoms with Crippen molar-refractivity contribution >= 4 is 21.6 Å². The summed E-state index contributed by atoms with van der Waals surface area (Å²) in [5.74, 6) is 0.920. The third-order valence-corrected chi connectivity index (χ3v) is 3.36. The average Bonchev–Trinajstić information content (AvgIpc) is 3.01. The first-order valence-corrected chi connectivity index (χ1v) is 6.11. The summed E-state index contributed by atoms with van der Waals surface area (Å²) in [6, 6.07) is 9.12. The maximum atomic E-state index is 3.60. The third-order valence-electron chi connectivity index (χ3n) is 2.83. The topological polar surface area (TPSA) is 12.0 Å². The van der Waals surface area contributed by atoms with Crippen LogP contribution in [-0.4, -0.2) is 6.04 Å². The van der Waals surface area contributed by atoms with Gasteiger partial charge in [0.05, 0.1) is 0 Å². The molecule has 1 N–H and O–H groups in total. The Kier molecular flexibility index (Phi) is 3.12. The molecule has 0 aliphatic heterocycles. The summed E-state index contributed by atoms with van der Waals surface area (Å²) in [4.78, 5) is 0. The fourth-order valence-electron chi connectivity index (χ4n) is 1.81. The molecule has 1 aromatic rings. The van der Waals surface area contributed by atoms with Crippen molar-refractivity contribution in [1.82, 2.24) is 0 Å². The molecule has 1 unspecified atom stereocenters. The highest BCUT2D eigenvalue weighted by molar-refractivity contribution is 9.10. The van der Waals surface area contributed by atoms with Crippen molar-refractivity contribution in [2.24, 2.45) is 5.92 Å². The largest absolute Gasteiger partial charge is 0.382 e. The predicted octanol–water partition coefficient (Wildman–Crippen LogP) is 4.05. The lowest BCUT2D eigenvalue weighted by Crippen LogP contribution is -2.20. The van der Waals surface area contributed by atoms with Gasteiger partial charge in [-0.15, -0.1) is 0 Å². The van der Waals surface area contributed by atoms with Crippen molar-refractivity contribution < 1.29 is 0 Å². The summed E-state index contributed by atoms with van der Waals surface area (Å²) in [5.41, 5.74) is 1.24. The molecule has 0 spiro atoms. The molecule has 76 valence electrons. The van der Waals surface area contributed by atoms with Crippen LogP contribution >= 0.6 is 15.9 Å². The zero-order valence-electron chi connectivity index (χ0n) is 8.46. The van der Waals surface area contributed by atoms with E-state index in [0.717, 1.165) is 10.4 Å². The first-order valence-electron chi connectivity index (χ1n) is 5.31. The van der Waals surface area contributed by atoms with Crippen LogP contribution in [-0.2, 0) is 0 Å². The van der Waals surface area contributed by atoms with E-state index in [2.05, 4.69) is 52.4 Å². The Morgan fingerprint density at radius 2 is 2.00 bits per heavy atom. The molecule has 0 aromatic heterocycles. The highest BCUT2D eigenvalue weighted by Crippen LogP contribution is 2.35. The predicted molar refractivity (Wildman–Crippen MR) is 64.6 cm³/mol. The van der Waals surface area contributed by atoms with Gasteiger partial charge in [-0.05, 0) is 49.4 Å². The highest BCUT2D eigenvalue weighted by Gasteiger charge is 2.29. The Balaban J connectivity index is 1.98. The van der Waals surface area contributed by atoms with Crippen LogP contribution in [0.4, 0.5) is 5.69 Å². The zero-order chi connectivity index (χ0) is 9.97. The lowest BCUT2D eigenvalue weighted by atomic mass is 10.1. The van der Waals surface area contributed by atoms with E-state index in [9.17, 15) is 0 Å². The summed E-state index contributed by atoms with van der Waals surface area (Å²) in [6.45, 7) is 2.26. The van der Waals surface area contributed by atoms with Gasteiger partial charge in [-0.3, -0.25) is 0 Å². The molecule has 2 rings (SSSR count). The van der Waals surface area contributed by atoms with Crippen LogP contribution in [0.15, 0.2) is 28.7 Å². The van der Waals surface area contributed by atoms with E-state index in [1.165, 1.54) is 24.9 Å². The average molecular weight is 254 g/mol. The van der Waals surface area contributed by atoms with Crippen LogP contribution in [0.5, 0.6) is 0 Å². The van der Waals surface area contributed by atoms with Gasteiger partial charge in [0.25, 0.3) is 0 Å². The molecule has 1 aromatic carbocycles. The van der Waals surface area contributed by atoms with Crippen molar-refractivity contribution in [3.05, 3.63) is 28.7 Å². The van der Waals surface area contributed by atoms with E-state index >= 15 is 0 Å². The molecule has 1 aliphatic rings. The van der Waals surface area contributed by atoms with Crippen LogP contribution in [0, 0.1) is 5.92 Å². The number of hydrogen-bond acceptors (Lipinski definition) is 1. The molecule has 0 radical (unpaired) electrons. The standard InChI is InChI=1S/C12H16BrN/c1-2-12(9-3-4-9)14-11-7-5-10(13)6-8-11/h5-9,12,14H,2-4H2,1H3. The second kappa shape index (κ2) is 4.35. The fraction of sp³-hybridized carbons (Fsp3) is 0.500. The summed E-state index contributed by atoms with van der Waals surface area (Å²) in [5, 5.41) is 3.60. The molecule has 0 saturated heterocycles. The monoisotopic (exact) mass is 253 g/mol. The molecule has 1 saturated carbocycles. The van der Waals surface area contributed by atoms with Crippen molar-refractivity contribution in [2.75, 3.05) is 5.32 Å². The number of nitrogens with one attached hydrogen (secondary N) is 1. The lowest BCUT2D eigenvalue weighted by Gasteiger charge is -2.17. The highest BCUT2D eigenvalue weighted by atomic mass is 79.9. The molecule has 1 aliphatic carbocycles. The summed E-state index contributed by atoms with van der Waals surface area (Å²) in [7, 11) is 0. The molecule has 1 nitrogen and oxygen atoms in total. The van der Waals surface area contributed by atoms with E-state index in [4.69, 9.17) is 0 Å². The molecular formula is C12H16BrN. The van der Waals surface area contributed by atoms with Crippen LogP contribution in [0.1, 0.15) is 26.2 Å². The van der Waals surface area contributed by atoms with Gasteiger partial charge < -0.3 is 5.32 Å². The molecule has 0 amide bonds. The molecule has 2 heteroatoms. The van der Waals surface area contributed by atoms with E-state index < -0.39 is 0 Å². The van der Waals surface area contributed by atoms with Crippen molar-refractivity contribution in [2.45, 2.75) is 32.2 Å². The van der Waals surface area contributed by atoms with Gasteiger partial charge in [0.2, 0.25) is 0 Å². The zero-order valence-corrected chi connectivity index (χ0v) is 10.0. The van der Waals surface area contributed by atoms with Crippen LogP contribution in [0.25, 0.3) is 0 Å². The van der Waals surface area contributed by atoms with Gasteiger partial charge >= 0.3 is 0 Å². The second-order valence-corrected chi connectivity index (χ2v) is 4.92. The first-order chi connectivity index (χ1) is 6.79. The SMILES string of the molecule is CCC(Nc1ccc(Br)cc1)C1CC1. The minimum atomic E-state index is 0.677. The van der Waals surface area contributed by atoms with E-state index in [1.807, 2.05) is 0 Å². The number of hydrogen-bond donors (Lipinski definition) is 1. The Hall–Kier alpha value is -0.500. The normalized spacial score (nSPS) is 17.9. The Morgan fingerprint density at radius 3 is 2.50 bits per heavy atom. The van der Waals surface area contributed by atoms with Gasteiger partial charge in [-0.2, -0.15) is 0 Å². The Labute approximate surface area is 94.0 Å². The van der Waals surface area contributed by atoms with Crippen molar-refractivity contribution in [3.8, 4) is 0 Å². The summed E-state index contributed by atoms with van der Waals surface area (Å²) < 4.78 is 1.14. The number of anilines is 1.